The van der Waals surface area contributed by atoms with Crippen LogP contribution in [0, 0.1) is 0 Å². The molecule has 78 valence electrons. The van der Waals surface area contributed by atoms with Gasteiger partial charge in [-0.1, -0.05) is 30.3 Å². The van der Waals surface area contributed by atoms with Gasteiger partial charge in [0.2, 0.25) is 5.91 Å². The second-order valence-electron chi connectivity index (χ2n) is 3.34. The summed E-state index contributed by atoms with van der Waals surface area (Å²) in [7, 11) is 0. The van der Waals surface area contributed by atoms with Gasteiger partial charge in [0.1, 0.15) is 12.7 Å². The highest BCUT2D eigenvalue weighted by atomic mass is 16.2. The van der Waals surface area contributed by atoms with Crippen LogP contribution in [0.25, 0.3) is 0 Å². The Bertz CT molecular complexity index is 391. The number of amides is 3. The van der Waals surface area contributed by atoms with Crippen molar-refractivity contribution in [1.29, 1.82) is 0 Å². The molecule has 1 aliphatic heterocycles. The molecular formula is C10H11N3O2. The van der Waals surface area contributed by atoms with Gasteiger partial charge in [-0.3, -0.25) is 15.0 Å². The highest BCUT2D eigenvalue weighted by Crippen LogP contribution is 2.16. The standard InChI is InChI=1S/C10H11N3O2/c11-9(7-4-2-1-3-5-7)13-6-8(14)12-10(13)15/h1-5,9H,6,11H2,(H,12,14,15). The van der Waals surface area contributed by atoms with Crippen LogP contribution < -0.4 is 11.1 Å². The molecule has 1 aliphatic rings. The van der Waals surface area contributed by atoms with Gasteiger partial charge < -0.3 is 5.73 Å². The van der Waals surface area contributed by atoms with Gasteiger partial charge >= 0.3 is 6.03 Å². The first-order valence-electron chi connectivity index (χ1n) is 4.59. The molecule has 0 spiro atoms. The number of carbonyl (C=O) groups is 2. The fourth-order valence-electron chi connectivity index (χ4n) is 1.51. The average Bonchev–Trinajstić information content (AvgIpc) is 2.58. The molecule has 0 saturated carbocycles. The Labute approximate surface area is 86.9 Å². The average molecular weight is 205 g/mol. The highest BCUT2D eigenvalue weighted by molar-refractivity contribution is 6.02. The van der Waals surface area contributed by atoms with Crippen LogP contribution in [0.5, 0.6) is 0 Å². The summed E-state index contributed by atoms with van der Waals surface area (Å²) in [5.74, 6) is -0.314. The Morgan fingerprint density at radius 2 is 1.93 bits per heavy atom. The molecule has 0 aromatic heterocycles. The van der Waals surface area contributed by atoms with Gasteiger partial charge in [0, 0.05) is 0 Å². The maximum absolute atomic E-state index is 11.3. The third kappa shape index (κ3) is 1.82. The van der Waals surface area contributed by atoms with Gasteiger partial charge in [-0.05, 0) is 5.56 Å². The third-order valence-electron chi connectivity index (χ3n) is 2.30. The molecule has 1 fully saturated rings. The lowest BCUT2D eigenvalue weighted by Crippen LogP contribution is -2.37. The summed E-state index contributed by atoms with van der Waals surface area (Å²) in [6.45, 7) is 0.0227. The van der Waals surface area contributed by atoms with E-state index < -0.39 is 12.2 Å². The van der Waals surface area contributed by atoms with Gasteiger partial charge in [0.05, 0.1) is 0 Å². The van der Waals surface area contributed by atoms with Crippen molar-refractivity contribution in [3.8, 4) is 0 Å². The third-order valence-corrected chi connectivity index (χ3v) is 2.30. The summed E-state index contributed by atoms with van der Waals surface area (Å²) in [5, 5.41) is 2.19. The molecule has 1 aromatic carbocycles. The fourth-order valence-corrected chi connectivity index (χ4v) is 1.51. The number of hydrogen-bond donors (Lipinski definition) is 2. The van der Waals surface area contributed by atoms with Crippen molar-refractivity contribution >= 4 is 11.9 Å². The quantitative estimate of drug-likeness (QED) is 0.677. The molecule has 1 saturated heterocycles. The number of urea groups is 1. The highest BCUT2D eigenvalue weighted by Gasteiger charge is 2.31. The van der Waals surface area contributed by atoms with Crippen molar-refractivity contribution in [2.75, 3.05) is 6.54 Å². The van der Waals surface area contributed by atoms with Crippen LogP contribution in [0.4, 0.5) is 4.79 Å². The van der Waals surface area contributed by atoms with E-state index in [9.17, 15) is 9.59 Å². The Kier molecular flexibility index (Phi) is 2.39. The zero-order valence-corrected chi connectivity index (χ0v) is 8.01. The minimum atomic E-state index is -0.572. The first kappa shape index (κ1) is 9.67. The smallest absolute Gasteiger partial charge is 0.307 e. The van der Waals surface area contributed by atoms with Gasteiger partial charge in [0.15, 0.2) is 0 Å². The molecule has 1 aromatic rings. The first-order chi connectivity index (χ1) is 7.18. The van der Waals surface area contributed by atoms with E-state index in [0.717, 1.165) is 5.56 Å². The molecule has 3 amide bonds. The molecule has 0 bridgehead atoms. The summed E-state index contributed by atoms with van der Waals surface area (Å²) in [6.07, 6.45) is -0.572. The number of hydrogen-bond acceptors (Lipinski definition) is 3. The lowest BCUT2D eigenvalue weighted by Gasteiger charge is -2.21. The number of carbonyl (C=O) groups excluding carboxylic acids is 2. The van der Waals surface area contributed by atoms with Gasteiger partial charge in [-0.2, -0.15) is 0 Å². The summed E-state index contributed by atoms with van der Waals surface area (Å²) < 4.78 is 0. The number of nitrogens with one attached hydrogen (secondary N) is 1. The minimum Gasteiger partial charge on any atom is -0.307 e. The zero-order valence-electron chi connectivity index (χ0n) is 8.01. The Hall–Kier alpha value is -1.88. The van der Waals surface area contributed by atoms with Crippen molar-refractivity contribution in [2.24, 2.45) is 5.73 Å². The van der Waals surface area contributed by atoms with E-state index in [2.05, 4.69) is 5.32 Å². The number of nitrogens with zero attached hydrogens (tertiary/aromatic N) is 1. The SMILES string of the molecule is NC(c1ccccc1)N1CC(=O)NC1=O. The molecule has 5 nitrogen and oxygen atoms in total. The van der Waals surface area contributed by atoms with Gasteiger partial charge in [0.25, 0.3) is 0 Å². The molecule has 5 heteroatoms. The second kappa shape index (κ2) is 3.70. The largest absolute Gasteiger partial charge is 0.326 e. The number of imide groups is 1. The predicted octanol–water partition coefficient (Wildman–Crippen LogP) is 0.196. The van der Waals surface area contributed by atoms with Crippen LogP contribution in [-0.2, 0) is 4.79 Å². The van der Waals surface area contributed by atoms with Crippen molar-refractivity contribution < 1.29 is 9.59 Å². The van der Waals surface area contributed by atoms with Crippen molar-refractivity contribution in [1.82, 2.24) is 10.2 Å². The van der Waals surface area contributed by atoms with E-state index in [-0.39, 0.29) is 12.5 Å². The van der Waals surface area contributed by atoms with Gasteiger partial charge in [-0.25, -0.2) is 4.79 Å². The Balaban J connectivity index is 2.18. The Morgan fingerprint density at radius 3 is 2.47 bits per heavy atom. The van der Waals surface area contributed by atoms with E-state index in [1.807, 2.05) is 30.3 Å². The lowest BCUT2D eigenvalue weighted by molar-refractivity contribution is -0.118. The number of rotatable bonds is 2. The molecular weight excluding hydrogens is 194 g/mol. The lowest BCUT2D eigenvalue weighted by atomic mass is 10.1. The van der Waals surface area contributed by atoms with E-state index in [1.54, 1.807) is 0 Å². The topological polar surface area (TPSA) is 75.4 Å². The molecule has 0 radical (unpaired) electrons. The molecule has 15 heavy (non-hydrogen) atoms. The van der Waals surface area contributed by atoms with E-state index in [0.29, 0.717) is 0 Å². The van der Waals surface area contributed by atoms with E-state index in [4.69, 9.17) is 5.73 Å². The van der Waals surface area contributed by atoms with Crippen molar-refractivity contribution in [3.63, 3.8) is 0 Å². The fraction of sp³-hybridized carbons (Fsp3) is 0.200. The molecule has 1 atom stereocenters. The molecule has 1 heterocycles. The minimum absolute atomic E-state index is 0.0227. The van der Waals surface area contributed by atoms with Gasteiger partial charge in [-0.15, -0.1) is 0 Å². The van der Waals surface area contributed by atoms with Crippen LogP contribution in [0.3, 0.4) is 0 Å². The summed E-state index contributed by atoms with van der Waals surface area (Å²) in [5.41, 5.74) is 6.67. The van der Waals surface area contributed by atoms with Crippen LogP contribution >= 0.6 is 0 Å². The molecule has 2 rings (SSSR count). The van der Waals surface area contributed by atoms with Crippen LogP contribution in [0.15, 0.2) is 30.3 Å². The van der Waals surface area contributed by atoms with E-state index >= 15 is 0 Å². The second-order valence-corrected chi connectivity index (χ2v) is 3.34. The maximum atomic E-state index is 11.3. The summed E-state index contributed by atoms with van der Waals surface area (Å²) in [6, 6.07) is 8.75. The zero-order chi connectivity index (χ0) is 10.8. The van der Waals surface area contributed by atoms with Crippen molar-refractivity contribution in [2.45, 2.75) is 6.17 Å². The monoisotopic (exact) mass is 205 g/mol. The molecule has 3 N–H and O–H groups in total. The van der Waals surface area contributed by atoms with Crippen LogP contribution in [0.2, 0.25) is 0 Å². The predicted molar refractivity (Wildman–Crippen MR) is 53.6 cm³/mol. The maximum Gasteiger partial charge on any atom is 0.326 e. The number of nitrogens with two attached hydrogens (primary N) is 1. The molecule has 1 unspecified atom stereocenters. The normalized spacial score (nSPS) is 17.8. The molecule has 0 aliphatic carbocycles. The van der Waals surface area contributed by atoms with E-state index in [1.165, 1.54) is 4.90 Å². The number of benzene rings is 1. The van der Waals surface area contributed by atoms with Crippen molar-refractivity contribution in [3.05, 3.63) is 35.9 Å². The Morgan fingerprint density at radius 1 is 1.27 bits per heavy atom. The summed E-state index contributed by atoms with van der Waals surface area (Å²) >= 11 is 0. The van der Waals surface area contributed by atoms with Crippen LogP contribution in [0.1, 0.15) is 11.7 Å². The van der Waals surface area contributed by atoms with Crippen LogP contribution in [-0.4, -0.2) is 23.4 Å². The summed E-state index contributed by atoms with van der Waals surface area (Å²) in [4.78, 5) is 23.6. The first-order valence-corrected chi connectivity index (χ1v) is 4.59.